The normalized spacial score (nSPS) is 20.9. The summed E-state index contributed by atoms with van der Waals surface area (Å²) in [5, 5.41) is 2.73. The lowest BCUT2D eigenvalue weighted by Crippen LogP contribution is -2.43. The van der Waals surface area contributed by atoms with Crippen molar-refractivity contribution < 1.29 is 19.1 Å². The number of alkyl carbamates (subject to hydrolysis) is 1. The fraction of sp³-hybridized carbons (Fsp3) is 0.400. The highest BCUT2D eigenvalue weighted by Crippen LogP contribution is 2.58. The maximum absolute atomic E-state index is 14.0. The minimum absolute atomic E-state index is 0.0226. The van der Waals surface area contributed by atoms with Crippen molar-refractivity contribution in [1.29, 1.82) is 0 Å². The van der Waals surface area contributed by atoms with E-state index in [1.165, 1.54) is 20.0 Å². The maximum atomic E-state index is 14.0. The number of carbonyl (C=O) groups excluding carboxylic acids is 3. The average molecular weight is 752 g/mol. The molecule has 2 aliphatic heterocycles. The van der Waals surface area contributed by atoms with E-state index in [1.54, 1.807) is 6.20 Å². The zero-order valence-corrected chi connectivity index (χ0v) is 32.6. The van der Waals surface area contributed by atoms with Crippen LogP contribution in [0.2, 0.25) is 0 Å². The molecular formula is C45H49N7O4. The number of nitrogens with one attached hydrogen (secondary N) is 3. The summed E-state index contributed by atoms with van der Waals surface area (Å²) in [5.41, 5.74) is 6.29. The van der Waals surface area contributed by atoms with Crippen LogP contribution in [-0.2, 0) is 14.3 Å². The van der Waals surface area contributed by atoms with E-state index in [0.29, 0.717) is 23.9 Å². The maximum Gasteiger partial charge on any atom is 0.407 e. The molecule has 11 heteroatoms. The molecule has 3 amide bonds. The number of methoxy groups -OCH3 is 1. The van der Waals surface area contributed by atoms with E-state index in [1.807, 2.05) is 84.6 Å². The molecule has 3 N–H and O–H groups in total. The predicted molar refractivity (Wildman–Crippen MR) is 214 cm³/mol. The van der Waals surface area contributed by atoms with Crippen LogP contribution < -0.4 is 5.32 Å². The van der Waals surface area contributed by atoms with Crippen molar-refractivity contribution in [2.75, 3.05) is 20.2 Å². The van der Waals surface area contributed by atoms with Crippen molar-refractivity contribution in [2.24, 2.45) is 23.2 Å². The summed E-state index contributed by atoms with van der Waals surface area (Å²) in [6.07, 6.45) is 5.21. The molecule has 2 aromatic heterocycles. The van der Waals surface area contributed by atoms with Crippen LogP contribution in [0.5, 0.6) is 0 Å². The van der Waals surface area contributed by atoms with Gasteiger partial charge in [-0.2, -0.15) is 0 Å². The lowest BCUT2D eigenvalue weighted by molar-refractivity contribution is -0.137. The molecule has 5 aromatic rings. The number of likely N-dealkylation sites (tertiary alicyclic amines) is 2. The van der Waals surface area contributed by atoms with E-state index in [4.69, 9.17) is 14.7 Å². The van der Waals surface area contributed by atoms with E-state index < -0.39 is 12.1 Å². The number of hydrogen-bond donors (Lipinski definition) is 3. The summed E-state index contributed by atoms with van der Waals surface area (Å²) < 4.78 is 4.84. The van der Waals surface area contributed by atoms with E-state index in [0.717, 1.165) is 58.6 Å². The molecule has 0 unspecified atom stereocenters. The van der Waals surface area contributed by atoms with Crippen molar-refractivity contribution in [3.05, 3.63) is 107 Å². The van der Waals surface area contributed by atoms with Crippen LogP contribution >= 0.6 is 0 Å². The fourth-order valence-electron chi connectivity index (χ4n) is 8.24. The summed E-state index contributed by atoms with van der Waals surface area (Å²) in [7, 11) is 1.29. The van der Waals surface area contributed by atoms with Gasteiger partial charge in [-0.3, -0.25) is 9.59 Å². The predicted octanol–water partition coefficient (Wildman–Crippen LogP) is 7.71. The molecule has 1 spiro atoms. The van der Waals surface area contributed by atoms with Gasteiger partial charge in [0.05, 0.1) is 42.1 Å². The molecule has 4 heterocycles. The van der Waals surface area contributed by atoms with Crippen molar-refractivity contribution >= 4 is 28.9 Å². The fourth-order valence-corrected chi connectivity index (χ4v) is 8.24. The monoisotopic (exact) mass is 751 g/mol. The first-order valence-corrected chi connectivity index (χ1v) is 19.7. The Kier molecular flexibility index (Phi) is 9.91. The minimum atomic E-state index is -0.883. The standard InChI is InChI=1S/C45H49N7O4/c1-27(2)29(4)42(53)52-26-45(19-20-45)23-38(52)41-47-34-18-15-31(22-35(34)48-41)12-11-30-13-16-32(17-14-30)36-24-46-40(49-36)37-21-28(3)25-51(37)43(54)39(50-44(55)56-5)33-9-7-6-8-10-33/h6-10,13-18,22,24,27-29,37-39H,19-21,23,25-26H2,1-5H3,(H,46,49)(H,47,48)(H,50,55)/t28-,29+,37+,38+,39-/m1/s1. The Hall–Kier alpha value is -5.89. The van der Waals surface area contributed by atoms with Gasteiger partial charge in [0.25, 0.3) is 5.91 Å². The molecule has 8 rings (SSSR count). The molecule has 0 bridgehead atoms. The number of carbonyl (C=O) groups is 3. The van der Waals surface area contributed by atoms with Gasteiger partial charge in [0.15, 0.2) is 0 Å². The number of H-pyrrole nitrogens is 2. The molecule has 2 saturated heterocycles. The Labute approximate surface area is 327 Å². The highest BCUT2D eigenvalue weighted by atomic mass is 16.5. The van der Waals surface area contributed by atoms with Crippen molar-refractivity contribution in [3.8, 4) is 23.1 Å². The third kappa shape index (κ3) is 7.40. The molecule has 288 valence electrons. The van der Waals surface area contributed by atoms with Crippen molar-refractivity contribution in [2.45, 2.75) is 71.5 Å². The lowest BCUT2D eigenvalue weighted by atomic mass is 9.96. The van der Waals surface area contributed by atoms with Crippen LogP contribution in [0.1, 0.15) is 99.8 Å². The number of rotatable bonds is 8. The van der Waals surface area contributed by atoms with Gasteiger partial charge in [-0.25, -0.2) is 14.8 Å². The first kappa shape index (κ1) is 37.1. The molecule has 1 aliphatic carbocycles. The second-order valence-electron chi connectivity index (χ2n) is 16.4. The first-order chi connectivity index (χ1) is 27.0. The zero-order valence-electron chi connectivity index (χ0n) is 32.6. The molecule has 3 fully saturated rings. The summed E-state index contributed by atoms with van der Waals surface area (Å²) in [5.74, 6) is 8.72. The average Bonchev–Trinajstić information content (AvgIpc) is 3.63. The van der Waals surface area contributed by atoms with E-state index >= 15 is 0 Å². The number of fused-ring (bicyclic) bond motifs is 1. The number of imidazole rings is 2. The Bertz CT molecular complexity index is 2310. The third-order valence-electron chi connectivity index (χ3n) is 12.0. The molecule has 3 aliphatic rings. The Balaban J connectivity index is 0.959. The van der Waals surface area contributed by atoms with E-state index in [9.17, 15) is 14.4 Å². The van der Waals surface area contributed by atoms with Gasteiger partial charge in [0, 0.05) is 30.1 Å². The third-order valence-corrected chi connectivity index (χ3v) is 12.0. The summed E-state index contributed by atoms with van der Waals surface area (Å²) in [4.78, 5) is 60.3. The van der Waals surface area contributed by atoms with Gasteiger partial charge in [-0.05, 0) is 84.4 Å². The zero-order chi connectivity index (χ0) is 39.1. The smallest absolute Gasteiger partial charge is 0.407 e. The first-order valence-electron chi connectivity index (χ1n) is 19.7. The van der Waals surface area contributed by atoms with E-state index in [-0.39, 0.29) is 41.1 Å². The van der Waals surface area contributed by atoms with Gasteiger partial charge in [-0.15, -0.1) is 0 Å². The van der Waals surface area contributed by atoms with Crippen LogP contribution in [0.25, 0.3) is 22.3 Å². The molecule has 1 saturated carbocycles. The SMILES string of the molecule is COC(=O)N[C@@H](C(=O)N1C[C@H](C)C[C@H]1c1ncc(-c2ccc(C#Cc3ccc4nc([C@@H]5CC6(CC6)CN5C(=O)[C@@H](C)C(C)C)[nH]c4c3)cc2)[nH]1)c1ccccc1. The van der Waals surface area contributed by atoms with Gasteiger partial charge in [0.1, 0.15) is 17.7 Å². The number of aromatic amines is 2. The molecule has 11 nitrogen and oxygen atoms in total. The Morgan fingerprint density at radius 2 is 1.62 bits per heavy atom. The van der Waals surface area contributed by atoms with Gasteiger partial charge < -0.3 is 29.8 Å². The Morgan fingerprint density at radius 1 is 0.893 bits per heavy atom. The summed E-state index contributed by atoms with van der Waals surface area (Å²) >= 11 is 0. The summed E-state index contributed by atoms with van der Waals surface area (Å²) in [6, 6.07) is 22.1. The Morgan fingerprint density at radius 3 is 2.34 bits per heavy atom. The van der Waals surface area contributed by atoms with Gasteiger partial charge in [0.2, 0.25) is 5.91 Å². The molecule has 0 radical (unpaired) electrons. The number of ether oxygens (including phenoxy) is 1. The van der Waals surface area contributed by atoms with Crippen LogP contribution in [0.3, 0.4) is 0 Å². The van der Waals surface area contributed by atoms with Crippen LogP contribution in [0, 0.1) is 35.0 Å². The molecule has 5 atom stereocenters. The lowest BCUT2D eigenvalue weighted by Gasteiger charge is -2.28. The molecule has 56 heavy (non-hydrogen) atoms. The molecule has 3 aromatic carbocycles. The number of benzene rings is 3. The van der Waals surface area contributed by atoms with Gasteiger partial charge >= 0.3 is 6.09 Å². The second-order valence-corrected chi connectivity index (χ2v) is 16.4. The highest BCUT2D eigenvalue weighted by Gasteiger charge is 2.54. The second kappa shape index (κ2) is 15.0. The summed E-state index contributed by atoms with van der Waals surface area (Å²) in [6.45, 7) is 9.76. The number of nitrogens with zero attached hydrogens (tertiary/aromatic N) is 4. The topological polar surface area (TPSA) is 136 Å². The van der Waals surface area contributed by atoms with Crippen LogP contribution in [-0.4, -0.2) is 67.8 Å². The van der Waals surface area contributed by atoms with Crippen LogP contribution in [0.4, 0.5) is 4.79 Å². The van der Waals surface area contributed by atoms with Crippen LogP contribution in [0.15, 0.2) is 79.0 Å². The quantitative estimate of drug-likeness (QED) is 0.139. The van der Waals surface area contributed by atoms with Gasteiger partial charge in [-0.1, -0.05) is 82.0 Å². The van der Waals surface area contributed by atoms with Crippen molar-refractivity contribution in [1.82, 2.24) is 35.1 Å². The van der Waals surface area contributed by atoms with E-state index in [2.05, 4.69) is 52.8 Å². The minimum Gasteiger partial charge on any atom is -0.453 e. The number of hydrogen-bond acceptors (Lipinski definition) is 6. The number of aromatic nitrogens is 4. The number of amides is 3. The molecular weight excluding hydrogens is 703 g/mol. The highest BCUT2D eigenvalue weighted by molar-refractivity contribution is 5.87. The largest absolute Gasteiger partial charge is 0.453 e. The van der Waals surface area contributed by atoms with Crippen molar-refractivity contribution in [3.63, 3.8) is 0 Å².